The predicted octanol–water partition coefficient (Wildman–Crippen LogP) is 2.39. The number of benzene rings is 1. The highest BCUT2D eigenvalue weighted by Gasteiger charge is 2.27. The monoisotopic (exact) mass is 408 g/mol. The number of nitrogens with one attached hydrogen (secondary N) is 2. The second-order valence-corrected chi connectivity index (χ2v) is 7.84. The fourth-order valence-electron chi connectivity index (χ4n) is 3.70. The third-order valence-electron chi connectivity index (χ3n) is 5.79. The van der Waals surface area contributed by atoms with Crippen LogP contribution in [0.1, 0.15) is 50.4 Å². The first-order chi connectivity index (χ1) is 14.3. The van der Waals surface area contributed by atoms with Crippen LogP contribution in [0.25, 0.3) is 0 Å². The number of carbonyl (C=O) groups excluding carboxylic acids is 2. The number of furan rings is 1. The minimum absolute atomic E-state index is 0.101. The smallest absolute Gasteiger partial charge is 0.251 e. The minimum Gasteiger partial charge on any atom is -0.467 e. The third-order valence-corrected chi connectivity index (χ3v) is 5.79. The van der Waals surface area contributed by atoms with Crippen molar-refractivity contribution in [2.45, 2.75) is 39.9 Å². The van der Waals surface area contributed by atoms with E-state index in [4.69, 9.17) is 4.42 Å². The maximum atomic E-state index is 13.2. The molecular weight excluding hydrogens is 378 g/mol. The first kappa shape index (κ1) is 21.6. The number of Topliss-reactive ketones (excluding diaryl/α,β-unsaturated/α-hetero) is 1. The van der Waals surface area contributed by atoms with Crippen molar-refractivity contribution in [1.82, 2.24) is 9.88 Å². The van der Waals surface area contributed by atoms with Crippen molar-refractivity contribution in [2.75, 3.05) is 14.1 Å². The lowest BCUT2D eigenvalue weighted by Crippen LogP contribution is -3.12. The summed E-state index contributed by atoms with van der Waals surface area (Å²) in [5.41, 5.74) is 4.49. The van der Waals surface area contributed by atoms with Crippen LogP contribution < -0.4 is 10.2 Å². The van der Waals surface area contributed by atoms with Gasteiger partial charge in [0.25, 0.3) is 5.91 Å². The molecule has 0 bridgehead atoms. The van der Waals surface area contributed by atoms with Gasteiger partial charge in [0, 0.05) is 35.1 Å². The van der Waals surface area contributed by atoms with Crippen LogP contribution in [0.5, 0.6) is 0 Å². The number of aromatic nitrogens is 1. The van der Waals surface area contributed by atoms with Gasteiger partial charge in [-0.25, -0.2) is 0 Å². The predicted molar refractivity (Wildman–Crippen MR) is 116 cm³/mol. The van der Waals surface area contributed by atoms with E-state index in [9.17, 15) is 9.59 Å². The zero-order valence-electron chi connectivity index (χ0n) is 18.3. The summed E-state index contributed by atoms with van der Waals surface area (Å²) in [6.07, 6.45) is 1.66. The van der Waals surface area contributed by atoms with Crippen LogP contribution >= 0.6 is 0 Å². The Morgan fingerprint density at radius 3 is 2.47 bits per heavy atom. The van der Waals surface area contributed by atoms with E-state index in [1.54, 1.807) is 13.3 Å². The zero-order chi connectivity index (χ0) is 21.8. The molecular formula is C24H30N3O3+. The van der Waals surface area contributed by atoms with Crippen LogP contribution in [0.15, 0.2) is 53.1 Å². The number of nitrogens with zero attached hydrogens (tertiary/aromatic N) is 1. The quantitative estimate of drug-likeness (QED) is 0.563. The molecule has 0 aliphatic carbocycles. The lowest BCUT2D eigenvalue weighted by molar-refractivity contribution is -0.907. The van der Waals surface area contributed by atoms with Gasteiger partial charge >= 0.3 is 0 Å². The Hall–Kier alpha value is -3.12. The molecule has 0 saturated carbocycles. The number of aryl methyl sites for hydroxylation is 1. The van der Waals surface area contributed by atoms with Gasteiger partial charge in [-0.05, 0) is 51.1 Å². The number of hydrogen-bond donors (Lipinski definition) is 2. The highest BCUT2D eigenvalue weighted by Crippen LogP contribution is 2.18. The summed E-state index contributed by atoms with van der Waals surface area (Å²) in [7, 11) is 3.64. The number of hydrogen-bond acceptors (Lipinski definition) is 3. The third kappa shape index (κ3) is 4.54. The molecule has 0 aliphatic heterocycles. The van der Waals surface area contributed by atoms with E-state index < -0.39 is 0 Å². The molecule has 2 aromatic heterocycles. The van der Waals surface area contributed by atoms with Crippen molar-refractivity contribution in [3.8, 4) is 0 Å². The van der Waals surface area contributed by atoms with Gasteiger partial charge < -0.3 is 19.2 Å². The van der Waals surface area contributed by atoms with Gasteiger partial charge in [0.1, 0.15) is 18.3 Å². The second-order valence-electron chi connectivity index (χ2n) is 7.84. The molecule has 2 N–H and O–H groups in total. The Bertz CT molecular complexity index is 1020. The van der Waals surface area contributed by atoms with E-state index in [1.807, 2.05) is 70.3 Å². The number of carbonyl (C=O) groups is 2. The van der Waals surface area contributed by atoms with Crippen molar-refractivity contribution in [2.24, 2.45) is 0 Å². The molecule has 3 rings (SSSR count). The zero-order valence-corrected chi connectivity index (χ0v) is 18.3. The van der Waals surface area contributed by atoms with E-state index in [2.05, 4.69) is 9.88 Å². The number of amides is 1. The number of likely N-dealkylation sites (N-methyl/N-ethyl adjacent to an activating group) is 1. The Balaban J connectivity index is 1.71. The molecule has 1 aromatic carbocycles. The van der Waals surface area contributed by atoms with Crippen LogP contribution in [0.2, 0.25) is 0 Å². The molecule has 158 valence electrons. The number of rotatable bonds is 8. The average Bonchev–Trinajstić information content (AvgIpc) is 3.36. The maximum Gasteiger partial charge on any atom is 0.251 e. The van der Waals surface area contributed by atoms with E-state index in [1.165, 1.54) is 0 Å². The summed E-state index contributed by atoms with van der Waals surface area (Å²) < 4.78 is 7.58. The average molecular weight is 409 g/mol. The number of ketones is 1. The summed E-state index contributed by atoms with van der Waals surface area (Å²) >= 11 is 0. The van der Waals surface area contributed by atoms with Crippen LogP contribution in [0, 0.1) is 13.8 Å². The largest absolute Gasteiger partial charge is 0.467 e. The molecule has 0 radical (unpaired) electrons. The van der Waals surface area contributed by atoms with E-state index in [-0.39, 0.29) is 17.7 Å². The molecule has 0 saturated heterocycles. The maximum absolute atomic E-state index is 13.2. The number of quaternary nitrogens is 1. The van der Waals surface area contributed by atoms with Crippen molar-refractivity contribution in [3.63, 3.8) is 0 Å². The molecule has 6 nitrogen and oxygen atoms in total. The molecule has 6 heteroatoms. The fraction of sp³-hybridized carbons (Fsp3) is 0.333. The molecule has 2 atom stereocenters. The summed E-state index contributed by atoms with van der Waals surface area (Å²) in [5, 5.41) is 2.62. The molecule has 1 amide bonds. The van der Waals surface area contributed by atoms with Crippen LogP contribution in [0.3, 0.4) is 0 Å². The normalized spacial score (nSPS) is 13.1. The highest BCUT2D eigenvalue weighted by atomic mass is 16.3. The topological polar surface area (TPSA) is 68.7 Å². The van der Waals surface area contributed by atoms with Gasteiger partial charge in [0.2, 0.25) is 5.78 Å². The van der Waals surface area contributed by atoms with Gasteiger partial charge in [-0.2, -0.15) is 0 Å². The van der Waals surface area contributed by atoms with Crippen LogP contribution in [-0.2, 0) is 13.1 Å². The lowest BCUT2D eigenvalue weighted by atomic mass is 10.0. The molecule has 0 aliphatic rings. The summed E-state index contributed by atoms with van der Waals surface area (Å²) in [4.78, 5) is 26.0. The van der Waals surface area contributed by atoms with E-state index in [0.717, 1.165) is 33.2 Å². The second kappa shape index (κ2) is 9.13. The highest BCUT2D eigenvalue weighted by molar-refractivity contribution is 6.00. The van der Waals surface area contributed by atoms with Crippen molar-refractivity contribution < 1.29 is 18.9 Å². The molecule has 30 heavy (non-hydrogen) atoms. The summed E-state index contributed by atoms with van der Waals surface area (Å²) in [5.74, 6) is 0.899. The molecule has 2 heterocycles. The van der Waals surface area contributed by atoms with E-state index in [0.29, 0.717) is 18.7 Å². The molecule has 1 unspecified atom stereocenters. The van der Waals surface area contributed by atoms with Gasteiger partial charge in [-0.1, -0.05) is 12.1 Å². The van der Waals surface area contributed by atoms with Crippen molar-refractivity contribution in [1.29, 1.82) is 0 Å². The Labute approximate surface area is 177 Å². The van der Waals surface area contributed by atoms with Crippen LogP contribution in [0.4, 0.5) is 0 Å². The van der Waals surface area contributed by atoms with Crippen molar-refractivity contribution in [3.05, 3.63) is 82.6 Å². The van der Waals surface area contributed by atoms with Gasteiger partial charge in [0.05, 0.1) is 19.9 Å². The molecule has 0 spiro atoms. The van der Waals surface area contributed by atoms with Gasteiger partial charge in [0.15, 0.2) is 0 Å². The first-order valence-electron chi connectivity index (χ1n) is 10.2. The van der Waals surface area contributed by atoms with Gasteiger partial charge in [-0.15, -0.1) is 0 Å². The fourth-order valence-corrected chi connectivity index (χ4v) is 3.70. The Morgan fingerprint density at radius 2 is 1.87 bits per heavy atom. The van der Waals surface area contributed by atoms with Crippen LogP contribution in [-0.4, -0.2) is 36.4 Å². The lowest BCUT2D eigenvalue weighted by Gasteiger charge is -2.21. The Kier molecular flexibility index (Phi) is 6.57. The standard InChI is InChI=1S/C24H29N3O3/c1-16-13-22(17(2)27(16)15-21-7-6-12-30-21)23(28)18(3)26(5)14-19-8-10-20(11-9-19)24(29)25-4/h6-13,18H,14-15H2,1-5H3,(H,25,29)/p+1/t18-/m1/s1. The van der Waals surface area contributed by atoms with Crippen molar-refractivity contribution >= 4 is 11.7 Å². The van der Waals surface area contributed by atoms with E-state index >= 15 is 0 Å². The van der Waals surface area contributed by atoms with Gasteiger partial charge in [-0.3, -0.25) is 9.59 Å². The molecule has 3 aromatic rings. The summed E-state index contributed by atoms with van der Waals surface area (Å²) in [6.45, 7) is 7.29. The minimum atomic E-state index is -0.193. The SMILES string of the molecule is CNC(=O)c1ccc(C[NH+](C)[C@H](C)C(=O)c2cc(C)n(Cc3ccco3)c2C)cc1. The summed E-state index contributed by atoms with van der Waals surface area (Å²) in [6, 6.07) is 13.1. The Morgan fingerprint density at radius 1 is 1.17 bits per heavy atom. The first-order valence-corrected chi connectivity index (χ1v) is 10.2. The molecule has 0 fully saturated rings.